The van der Waals surface area contributed by atoms with E-state index in [1.54, 1.807) is 6.08 Å². The van der Waals surface area contributed by atoms with E-state index in [9.17, 15) is 0 Å². The largest absolute Gasteiger partial charge is 0.383 e. The lowest BCUT2D eigenvalue weighted by Gasteiger charge is -2.20. The second kappa shape index (κ2) is 10.2. The third-order valence-corrected chi connectivity index (χ3v) is 6.94. The number of nitriles is 1. The Morgan fingerprint density at radius 1 is 1.14 bits per heavy atom. The number of para-hydroxylation sites is 1. The number of aromatic nitrogens is 2. The molecule has 5 heteroatoms. The number of aryl methyl sites for hydroxylation is 2. The number of nitrogens with zero attached hydrogens (tertiary/aromatic N) is 3. The van der Waals surface area contributed by atoms with E-state index in [1.165, 1.54) is 11.1 Å². The lowest BCUT2D eigenvalue weighted by molar-refractivity contribution is 0.841. The van der Waals surface area contributed by atoms with Crippen molar-refractivity contribution < 1.29 is 0 Å². The molecule has 0 saturated carbocycles. The van der Waals surface area contributed by atoms with Crippen LogP contribution in [-0.2, 0) is 0 Å². The SMILES string of the molecule is CC/C(C)=C1\C=CC(Nc2nc(N)c3cccc(-c4c(C)cc(/C(C)=C\C#N)cc4C)c3n2)=CC1C. The zero-order chi connectivity index (χ0) is 26.0. The molecule has 3 aromatic rings. The molecule has 1 aromatic heterocycles. The van der Waals surface area contributed by atoms with E-state index in [1.807, 2.05) is 19.1 Å². The summed E-state index contributed by atoms with van der Waals surface area (Å²) in [5.74, 6) is 1.24. The lowest BCUT2D eigenvalue weighted by atomic mass is 9.90. The summed E-state index contributed by atoms with van der Waals surface area (Å²) in [4.78, 5) is 9.49. The van der Waals surface area contributed by atoms with Crippen molar-refractivity contribution in [2.45, 2.75) is 48.0 Å². The van der Waals surface area contributed by atoms with E-state index in [2.05, 4.69) is 87.4 Å². The average Bonchev–Trinajstić information content (AvgIpc) is 2.83. The third kappa shape index (κ3) is 4.81. The zero-order valence-corrected chi connectivity index (χ0v) is 21.9. The van der Waals surface area contributed by atoms with Crippen molar-refractivity contribution in [3.05, 3.63) is 88.2 Å². The van der Waals surface area contributed by atoms with Crippen LogP contribution in [0.1, 0.15) is 50.8 Å². The molecule has 0 bridgehead atoms. The van der Waals surface area contributed by atoms with Gasteiger partial charge in [-0.25, -0.2) is 4.98 Å². The van der Waals surface area contributed by atoms with Crippen LogP contribution in [0.15, 0.2) is 71.5 Å². The van der Waals surface area contributed by atoms with E-state index >= 15 is 0 Å². The maximum absolute atomic E-state index is 9.05. The predicted molar refractivity (Wildman–Crippen MR) is 151 cm³/mol. The summed E-state index contributed by atoms with van der Waals surface area (Å²) < 4.78 is 0. The molecule has 2 aromatic carbocycles. The first-order valence-electron chi connectivity index (χ1n) is 12.3. The van der Waals surface area contributed by atoms with E-state index in [0.717, 1.165) is 56.4 Å². The first-order chi connectivity index (χ1) is 17.2. The molecule has 182 valence electrons. The van der Waals surface area contributed by atoms with Gasteiger partial charge in [-0.2, -0.15) is 10.2 Å². The highest BCUT2D eigenvalue weighted by molar-refractivity contribution is 6.00. The fraction of sp³-hybridized carbons (Fsp3) is 0.258. The van der Waals surface area contributed by atoms with Gasteiger partial charge in [0.05, 0.1) is 11.6 Å². The average molecular weight is 476 g/mol. The maximum Gasteiger partial charge on any atom is 0.229 e. The summed E-state index contributed by atoms with van der Waals surface area (Å²) in [6.45, 7) is 12.7. The number of fused-ring (bicyclic) bond motifs is 1. The number of rotatable bonds is 5. The van der Waals surface area contributed by atoms with Gasteiger partial charge in [0.2, 0.25) is 5.95 Å². The molecular formula is C31H33N5. The van der Waals surface area contributed by atoms with Gasteiger partial charge in [-0.3, -0.25) is 0 Å². The van der Waals surface area contributed by atoms with Gasteiger partial charge in [0.1, 0.15) is 5.82 Å². The van der Waals surface area contributed by atoms with E-state index < -0.39 is 0 Å². The molecule has 1 aliphatic rings. The molecular weight excluding hydrogens is 442 g/mol. The Morgan fingerprint density at radius 2 is 1.86 bits per heavy atom. The van der Waals surface area contributed by atoms with Gasteiger partial charge in [-0.05, 0) is 79.7 Å². The van der Waals surface area contributed by atoms with Gasteiger partial charge in [0.25, 0.3) is 0 Å². The van der Waals surface area contributed by atoms with Crippen molar-refractivity contribution in [3.8, 4) is 17.2 Å². The van der Waals surface area contributed by atoms with Gasteiger partial charge >= 0.3 is 0 Å². The van der Waals surface area contributed by atoms with Gasteiger partial charge in [-0.1, -0.05) is 55.8 Å². The van der Waals surface area contributed by atoms with Crippen molar-refractivity contribution in [2.24, 2.45) is 5.92 Å². The minimum Gasteiger partial charge on any atom is -0.383 e. The molecule has 36 heavy (non-hydrogen) atoms. The molecule has 0 radical (unpaired) electrons. The van der Waals surface area contributed by atoms with Crippen molar-refractivity contribution in [1.82, 2.24) is 9.97 Å². The Morgan fingerprint density at radius 3 is 2.50 bits per heavy atom. The number of nitrogens with two attached hydrogens (primary N) is 1. The molecule has 4 rings (SSSR count). The number of benzene rings is 2. The normalized spacial score (nSPS) is 17.1. The second-order valence-corrected chi connectivity index (χ2v) is 9.53. The van der Waals surface area contributed by atoms with Gasteiger partial charge in [0.15, 0.2) is 0 Å². The third-order valence-electron chi connectivity index (χ3n) is 6.94. The molecule has 5 nitrogen and oxygen atoms in total. The Bertz CT molecular complexity index is 1490. The highest BCUT2D eigenvalue weighted by Crippen LogP contribution is 2.36. The van der Waals surface area contributed by atoms with Crippen LogP contribution < -0.4 is 11.1 Å². The Labute approximate surface area is 213 Å². The monoisotopic (exact) mass is 475 g/mol. The van der Waals surface area contributed by atoms with Crippen LogP contribution in [-0.4, -0.2) is 9.97 Å². The van der Waals surface area contributed by atoms with Crippen LogP contribution in [0.25, 0.3) is 27.6 Å². The molecule has 1 unspecified atom stereocenters. The Hall–Kier alpha value is -4.17. The van der Waals surface area contributed by atoms with Crippen LogP contribution >= 0.6 is 0 Å². The summed E-state index contributed by atoms with van der Waals surface area (Å²) >= 11 is 0. The van der Waals surface area contributed by atoms with E-state index in [-0.39, 0.29) is 0 Å². The quantitative estimate of drug-likeness (QED) is 0.370. The van der Waals surface area contributed by atoms with Crippen molar-refractivity contribution >= 4 is 28.2 Å². The van der Waals surface area contributed by atoms with E-state index in [4.69, 9.17) is 16.0 Å². The molecule has 0 aliphatic heterocycles. The fourth-order valence-corrected chi connectivity index (χ4v) is 4.92. The number of nitrogen functional groups attached to an aromatic ring is 1. The van der Waals surface area contributed by atoms with Crippen LogP contribution in [0.4, 0.5) is 11.8 Å². The number of hydrogen-bond acceptors (Lipinski definition) is 5. The highest BCUT2D eigenvalue weighted by Gasteiger charge is 2.17. The molecule has 1 heterocycles. The topological polar surface area (TPSA) is 87.6 Å². The summed E-state index contributed by atoms with van der Waals surface area (Å²) in [6, 6.07) is 12.4. The van der Waals surface area contributed by atoms with Gasteiger partial charge in [-0.15, -0.1) is 0 Å². The molecule has 0 saturated heterocycles. The molecule has 0 fully saturated rings. The number of anilines is 2. The Kier molecular flexibility index (Phi) is 7.07. The first kappa shape index (κ1) is 24.9. The van der Waals surface area contributed by atoms with Crippen LogP contribution in [0.2, 0.25) is 0 Å². The second-order valence-electron chi connectivity index (χ2n) is 9.53. The Balaban J connectivity index is 1.78. The van der Waals surface area contributed by atoms with Crippen LogP contribution in [0, 0.1) is 31.1 Å². The maximum atomic E-state index is 9.05. The summed E-state index contributed by atoms with van der Waals surface area (Å²) in [5.41, 5.74) is 17.3. The summed E-state index contributed by atoms with van der Waals surface area (Å²) in [6.07, 6.45) is 9.08. The van der Waals surface area contributed by atoms with Crippen molar-refractivity contribution in [2.75, 3.05) is 11.1 Å². The predicted octanol–water partition coefficient (Wildman–Crippen LogP) is 7.65. The molecule has 1 aliphatic carbocycles. The highest BCUT2D eigenvalue weighted by atomic mass is 15.1. The minimum absolute atomic E-state index is 0.313. The summed E-state index contributed by atoms with van der Waals surface area (Å²) in [7, 11) is 0. The van der Waals surface area contributed by atoms with Crippen LogP contribution in [0.5, 0.6) is 0 Å². The molecule has 0 amide bonds. The smallest absolute Gasteiger partial charge is 0.229 e. The number of hydrogen-bond donors (Lipinski definition) is 2. The molecule has 3 N–H and O–H groups in total. The number of nitrogens with one attached hydrogen (secondary N) is 1. The molecule has 1 atom stereocenters. The minimum atomic E-state index is 0.313. The van der Waals surface area contributed by atoms with Crippen molar-refractivity contribution in [1.29, 1.82) is 5.26 Å². The van der Waals surface area contributed by atoms with Crippen molar-refractivity contribution in [3.63, 3.8) is 0 Å². The van der Waals surface area contributed by atoms with Gasteiger partial charge in [0, 0.05) is 28.6 Å². The standard InChI is InChI=1S/C31H33N5/c1-7-18(2)25-12-11-24(17-20(25)4)34-31-35-29-26(9-8-10-27(29)30(33)36-31)28-21(5)15-23(16-22(28)6)19(3)13-14-32/h8-13,15-17,20H,7H2,1-6H3,(H3,33,34,35,36)/b19-13-,25-18+. The van der Waals surface area contributed by atoms with Crippen LogP contribution in [0.3, 0.4) is 0 Å². The van der Waals surface area contributed by atoms with Gasteiger partial charge < -0.3 is 11.1 Å². The van der Waals surface area contributed by atoms with E-state index in [0.29, 0.717) is 17.7 Å². The summed E-state index contributed by atoms with van der Waals surface area (Å²) in [5, 5.41) is 13.3. The fourth-order valence-electron chi connectivity index (χ4n) is 4.92. The lowest BCUT2D eigenvalue weighted by Crippen LogP contribution is -2.10. The molecule has 0 spiro atoms. The number of allylic oxidation sites excluding steroid dienone is 7. The first-order valence-corrected chi connectivity index (χ1v) is 12.3. The zero-order valence-electron chi connectivity index (χ0n) is 21.9.